The maximum atomic E-state index is 11.5. The van der Waals surface area contributed by atoms with E-state index in [1.165, 1.54) is 6.21 Å². The van der Waals surface area contributed by atoms with Crippen LogP contribution in [0.15, 0.2) is 32.9 Å². The second-order valence-electron chi connectivity index (χ2n) is 4.24. The molecule has 0 aliphatic carbocycles. The lowest BCUT2D eigenvalue weighted by atomic mass is 10.2. The third-order valence-electron chi connectivity index (χ3n) is 2.67. The molecule has 0 saturated carbocycles. The number of carbonyl (C=O) groups is 2. The van der Waals surface area contributed by atoms with Crippen molar-refractivity contribution in [2.24, 2.45) is 10.2 Å². The number of benzene rings is 1. The van der Waals surface area contributed by atoms with Gasteiger partial charge in [-0.05, 0) is 39.7 Å². The van der Waals surface area contributed by atoms with E-state index in [9.17, 15) is 9.59 Å². The molecule has 9 heteroatoms. The lowest BCUT2D eigenvalue weighted by molar-refractivity contribution is -0.138. The van der Waals surface area contributed by atoms with Crippen LogP contribution in [0.25, 0.3) is 0 Å². The van der Waals surface area contributed by atoms with Crippen LogP contribution in [0, 0.1) is 0 Å². The molecule has 1 aromatic rings. The van der Waals surface area contributed by atoms with Crippen LogP contribution < -0.4 is 10.1 Å². The van der Waals surface area contributed by atoms with Crippen molar-refractivity contribution in [3.63, 3.8) is 0 Å². The number of amides is 1. The van der Waals surface area contributed by atoms with E-state index in [1.54, 1.807) is 19.2 Å². The lowest BCUT2D eigenvalue weighted by Crippen LogP contribution is -2.26. The second-order valence-corrected chi connectivity index (χ2v) is 6.28. The summed E-state index contributed by atoms with van der Waals surface area (Å²) in [6, 6.07) is 5.41. The van der Waals surface area contributed by atoms with Crippen molar-refractivity contribution in [1.82, 2.24) is 5.32 Å². The summed E-state index contributed by atoms with van der Waals surface area (Å²) in [5.41, 5.74) is 0.799. The second kappa shape index (κ2) is 7.41. The molecule has 2 N–H and O–H groups in total. The number of carboxylic acid groups (broad SMARTS) is 1. The SMILES string of the molecule is COc1ccc(/C=N\N=C2\NC(=O)[C@@H](CC(=O)O)S2)cc1Br. The van der Waals surface area contributed by atoms with Crippen molar-refractivity contribution >= 4 is 51.0 Å². The minimum Gasteiger partial charge on any atom is -0.496 e. The largest absolute Gasteiger partial charge is 0.496 e. The fourth-order valence-corrected chi connectivity index (χ4v) is 3.13. The van der Waals surface area contributed by atoms with Gasteiger partial charge in [0.25, 0.3) is 0 Å². The Kier molecular flexibility index (Phi) is 5.56. The molecular formula is C13H12BrN3O4S. The molecular weight excluding hydrogens is 374 g/mol. The molecule has 7 nitrogen and oxygen atoms in total. The van der Waals surface area contributed by atoms with Crippen LogP contribution in [0.3, 0.4) is 0 Å². The number of hydrogen-bond acceptors (Lipinski definition) is 6. The third-order valence-corrected chi connectivity index (χ3v) is 4.36. The zero-order valence-electron chi connectivity index (χ0n) is 11.4. The fourth-order valence-electron chi connectivity index (χ4n) is 1.66. The molecule has 116 valence electrons. The minimum atomic E-state index is -1.03. The highest BCUT2D eigenvalue weighted by Crippen LogP contribution is 2.25. The molecule has 1 heterocycles. The Morgan fingerprint density at radius 2 is 2.36 bits per heavy atom. The van der Waals surface area contributed by atoms with E-state index in [0.717, 1.165) is 21.8 Å². The molecule has 0 unspecified atom stereocenters. The summed E-state index contributed by atoms with van der Waals surface area (Å²) in [6.45, 7) is 0. The van der Waals surface area contributed by atoms with Crippen LogP contribution in [-0.4, -0.2) is 40.7 Å². The summed E-state index contributed by atoms with van der Waals surface area (Å²) in [5.74, 6) is -0.687. The van der Waals surface area contributed by atoms with Gasteiger partial charge >= 0.3 is 5.97 Å². The number of ether oxygens (including phenoxy) is 1. The maximum absolute atomic E-state index is 11.5. The van der Waals surface area contributed by atoms with Gasteiger partial charge in [0.05, 0.1) is 24.2 Å². The summed E-state index contributed by atoms with van der Waals surface area (Å²) >= 11 is 4.42. The number of halogens is 1. The fraction of sp³-hybridized carbons (Fsp3) is 0.231. The number of carboxylic acids is 1. The molecule has 22 heavy (non-hydrogen) atoms. The molecule has 0 bridgehead atoms. The lowest BCUT2D eigenvalue weighted by Gasteiger charge is -2.02. The number of methoxy groups -OCH3 is 1. The number of amidine groups is 1. The van der Waals surface area contributed by atoms with E-state index in [-0.39, 0.29) is 12.3 Å². The average molecular weight is 386 g/mol. The highest BCUT2D eigenvalue weighted by molar-refractivity contribution is 9.10. The minimum absolute atomic E-state index is 0.245. The van der Waals surface area contributed by atoms with Crippen LogP contribution in [0.1, 0.15) is 12.0 Å². The first-order valence-electron chi connectivity index (χ1n) is 6.13. The third kappa shape index (κ3) is 4.31. The van der Waals surface area contributed by atoms with Crippen molar-refractivity contribution in [2.75, 3.05) is 7.11 Å². The zero-order chi connectivity index (χ0) is 16.1. The topological polar surface area (TPSA) is 100 Å². The Balaban J connectivity index is 2.01. The Bertz CT molecular complexity index is 663. The van der Waals surface area contributed by atoms with E-state index in [1.807, 2.05) is 6.07 Å². The smallest absolute Gasteiger partial charge is 0.305 e. The predicted molar refractivity (Wildman–Crippen MR) is 87.5 cm³/mol. The van der Waals surface area contributed by atoms with Crippen molar-refractivity contribution in [3.8, 4) is 5.75 Å². The molecule has 1 fully saturated rings. The van der Waals surface area contributed by atoms with Gasteiger partial charge in [-0.3, -0.25) is 9.59 Å². The van der Waals surface area contributed by atoms with E-state index < -0.39 is 11.2 Å². The molecule has 1 aliphatic rings. The summed E-state index contributed by atoms with van der Waals surface area (Å²) in [4.78, 5) is 22.1. The number of thioether (sulfide) groups is 1. The number of hydrogen-bond donors (Lipinski definition) is 2. The Morgan fingerprint density at radius 3 is 3.00 bits per heavy atom. The zero-order valence-corrected chi connectivity index (χ0v) is 13.8. The molecule has 1 atom stereocenters. The summed E-state index contributed by atoms with van der Waals surface area (Å²) in [7, 11) is 1.58. The van der Waals surface area contributed by atoms with Gasteiger partial charge in [0.1, 0.15) is 11.0 Å². The van der Waals surface area contributed by atoms with Crippen LogP contribution in [-0.2, 0) is 9.59 Å². The van der Waals surface area contributed by atoms with Gasteiger partial charge in [-0.1, -0.05) is 11.8 Å². The van der Waals surface area contributed by atoms with Gasteiger partial charge in [0.15, 0.2) is 5.17 Å². The molecule has 0 aromatic heterocycles. The van der Waals surface area contributed by atoms with Gasteiger partial charge in [-0.25, -0.2) is 0 Å². The van der Waals surface area contributed by atoms with E-state index in [4.69, 9.17) is 9.84 Å². The number of nitrogens with one attached hydrogen (secondary N) is 1. The Morgan fingerprint density at radius 1 is 1.59 bits per heavy atom. The van der Waals surface area contributed by atoms with Crippen LogP contribution >= 0.6 is 27.7 Å². The van der Waals surface area contributed by atoms with Gasteiger partial charge in [0.2, 0.25) is 5.91 Å². The average Bonchev–Trinajstić information content (AvgIpc) is 2.78. The van der Waals surface area contributed by atoms with Crippen LogP contribution in [0.2, 0.25) is 0 Å². The molecule has 2 rings (SSSR count). The number of nitrogens with zero attached hydrogens (tertiary/aromatic N) is 2. The monoisotopic (exact) mass is 385 g/mol. The summed E-state index contributed by atoms with van der Waals surface area (Å²) < 4.78 is 5.91. The van der Waals surface area contributed by atoms with Gasteiger partial charge < -0.3 is 15.2 Å². The summed E-state index contributed by atoms with van der Waals surface area (Å²) in [6.07, 6.45) is 1.28. The van der Waals surface area contributed by atoms with Gasteiger partial charge in [0, 0.05) is 0 Å². The molecule has 1 saturated heterocycles. The molecule has 0 radical (unpaired) electrons. The Hall–Kier alpha value is -1.87. The standard InChI is InChI=1S/C13H12BrN3O4S/c1-21-9-3-2-7(4-8(9)14)6-15-17-13-16-12(20)10(22-13)5-11(18)19/h2-4,6,10H,5H2,1H3,(H,18,19)(H,16,17,20)/b15-6-/t10-/m1/s1. The maximum Gasteiger partial charge on any atom is 0.305 e. The first-order valence-corrected chi connectivity index (χ1v) is 7.80. The molecule has 1 aromatic carbocycles. The van der Waals surface area contributed by atoms with Gasteiger partial charge in [-0.15, -0.1) is 5.10 Å². The highest BCUT2D eigenvalue weighted by atomic mass is 79.9. The first kappa shape index (κ1) is 16.5. The molecule has 0 spiro atoms. The van der Waals surface area contributed by atoms with Crippen LogP contribution in [0.4, 0.5) is 0 Å². The number of rotatable bonds is 5. The van der Waals surface area contributed by atoms with E-state index in [2.05, 4.69) is 31.4 Å². The van der Waals surface area contributed by atoms with Crippen LogP contribution in [0.5, 0.6) is 5.75 Å². The van der Waals surface area contributed by atoms with E-state index in [0.29, 0.717) is 10.9 Å². The summed E-state index contributed by atoms with van der Waals surface area (Å²) in [5, 5.41) is 18.6. The normalized spacial score (nSPS) is 19.6. The molecule has 1 amide bonds. The number of aliphatic carboxylic acids is 1. The predicted octanol–water partition coefficient (Wildman–Crippen LogP) is 1.85. The first-order chi connectivity index (χ1) is 10.5. The van der Waals surface area contributed by atoms with Crippen molar-refractivity contribution in [3.05, 3.63) is 28.2 Å². The van der Waals surface area contributed by atoms with Crippen molar-refractivity contribution < 1.29 is 19.4 Å². The Labute approximate surface area is 139 Å². The van der Waals surface area contributed by atoms with Crippen molar-refractivity contribution in [2.45, 2.75) is 11.7 Å². The highest BCUT2D eigenvalue weighted by Gasteiger charge is 2.32. The van der Waals surface area contributed by atoms with Crippen molar-refractivity contribution in [1.29, 1.82) is 0 Å². The number of carbonyl (C=O) groups excluding carboxylic acids is 1. The van der Waals surface area contributed by atoms with E-state index >= 15 is 0 Å². The molecule has 1 aliphatic heterocycles. The van der Waals surface area contributed by atoms with Gasteiger partial charge in [-0.2, -0.15) is 5.10 Å². The quantitative estimate of drug-likeness (QED) is 0.594.